The van der Waals surface area contributed by atoms with E-state index >= 15 is 0 Å². The average Bonchev–Trinajstić information content (AvgIpc) is 3.20. The standard InChI is InChI=1S/C28H29N3O4/c1-6-24-30-25-17(2)14-18(3)29-27(25)31(24)16-20-12-13-23(22(15-20)19(4)32)35-26(28(33)34-5)21-10-8-7-9-11-21/h7-15,26H,6,16H2,1-5H3. The number of nitrogens with zero attached hydrogens (tertiary/aromatic N) is 3. The topological polar surface area (TPSA) is 83.3 Å². The second-order valence-electron chi connectivity index (χ2n) is 8.54. The van der Waals surface area contributed by atoms with Crippen molar-refractivity contribution in [1.82, 2.24) is 14.5 Å². The second-order valence-corrected chi connectivity index (χ2v) is 8.54. The van der Waals surface area contributed by atoms with Gasteiger partial charge in [0.15, 0.2) is 11.4 Å². The molecule has 1 atom stereocenters. The number of aromatic nitrogens is 3. The van der Waals surface area contributed by atoms with Gasteiger partial charge in [-0.1, -0.05) is 43.3 Å². The number of benzene rings is 2. The highest BCUT2D eigenvalue weighted by Crippen LogP contribution is 2.29. The first-order chi connectivity index (χ1) is 16.8. The van der Waals surface area contributed by atoms with Gasteiger partial charge in [-0.2, -0.15) is 0 Å². The number of esters is 1. The van der Waals surface area contributed by atoms with Crippen molar-refractivity contribution in [3.8, 4) is 5.75 Å². The summed E-state index contributed by atoms with van der Waals surface area (Å²) in [6.07, 6.45) is -0.224. The maximum atomic E-state index is 12.6. The third kappa shape index (κ3) is 4.94. The smallest absolute Gasteiger partial charge is 0.351 e. The molecule has 0 aliphatic heterocycles. The molecule has 0 aliphatic carbocycles. The first-order valence-electron chi connectivity index (χ1n) is 11.6. The minimum Gasteiger partial charge on any atom is -0.473 e. The van der Waals surface area contributed by atoms with Crippen LogP contribution in [0.3, 0.4) is 0 Å². The number of imidazole rings is 1. The van der Waals surface area contributed by atoms with Crippen molar-refractivity contribution >= 4 is 22.9 Å². The van der Waals surface area contributed by atoms with Crippen molar-refractivity contribution in [2.24, 2.45) is 0 Å². The fourth-order valence-corrected chi connectivity index (χ4v) is 4.23. The van der Waals surface area contributed by atoms with Gasteiger partial charge < -0.3 is 14.0 Å². The van der Waals surface area contributed by atoms with Gasteiger partial charge in [0.1, 0.15) is 17.1 Å². The van der Waals surface area contributed by atoms with E-state index in [4.69, 9.17) is 19.4 Å². The fourth-order valence-electron chi connectivity index (χ4n) is 4.23. The summed E-state index contributed by atoms with van der Waals surface area (Å²) < 4.78 is 13.1. The Morgan fingerprint density at radius 3 is 2.43 bits per heavy atom. The number of ether oxygens (including phenoxy) is 2. The van der Waals surface area contributed by atoms with Crippen LogP contribution in [0.2, 0.25) is 0 Å². The Morgan fingerprint density at radius 2 is 1.77 bits per heavy atom. The molecular formula is C28H29N3O4. The molecule has 35 heavy (non-hydrogen) atoms. The molecule has 4 rings (SSSR count). The molecule has 0 N–H and O–H groups in total. The van der Waals surface area contributed by atoms with Crippen molar-refractivity contribution in [1.29, 1.82) is 0 Å². The number of ketones is 1. The monoisotopic (exact) mass is 471 g/mol. The number of carbonyl (C=O) groups excluding carboxylic acids is 2. The molecule has 1 unspecified atom stereocenters. The highest BCUT2D eigenvalue weighted by molar-refractivity contribution is 5.97. The van der Waals surface area contributed by atoms with Crippen LogP contribution in [0.15, 0.2) is 54.6 Å². The summed E-state index contributed by atoms with van der Waals surface area (Å²) in [5.74, 6) is 0.566. The number of pyridine rings is 1. The summed E-state index contributed by atoms with van der Waals surface area (Å²) in [6.45, 7) is 8.07. The van der Waals surface area contributed by atoms with Crippen molar-refractivity contribution in [2.45, 2.75) is 46.8 Å². The van der Waals surface area contributed by atoms with E-state index in [-0.39, 0.29) is 5.78 Å². The van der Waals surface area contributed by atoms with Gasteiger partial charge in [0, 0.05) is 17.7 Å². The molecule has 180 valence electrons. The van der Waals surface area contributed by atoms with Crippen LogP contribution in [0.5, 0.6) is 5.75 Å². The largest absolute Gasteiger partial charge is 0.473 e. The number of carbonyl (C=O) groups is 2. The average molecular weight is 472 g/mol. The van der Waals surface area contributed by atoms with Crippen LogP contribution in [0.1, 0.15) is 58.5 Å². The molecule has 7 nitrogen and oxygen atoms in total. The van der Waals surface area contributed by atoms with Gasteiger partial charge >= 0.3 is 5.97 Å². The minimum atomic E-state index is -0.982. The molecule has 0 radical (unpaired) electrons. The summed E-state index contributed by atoms with van der Waals surface area (Å²) in [5.41, 5.74) is 5.70. The maximum Gasteiger partial charge on any atom is 0.351 e. The Balaban J connectivity index is 1.72. The summed E-state index contributed by atoms with van der Waals surface area (Å²) in [7, 11) is 1.31. The molecule has 7 heteroatoms. The number of hydrogen-bond donors (Lipinski definition) is 0. The molecule has 0 saturated carbocycles. The van der Waals surface area contributed by atoms with Gasteiger partial charge in [0.2, 0.25) is 6.10 Å². The molecule has 2 aromatic heterocycles. The molecule has 4 aromatic rings. The van der Waals surface area contributed by atoms with Gasteiger partial charge in [-0.05, 0) is 50.1 Å². The van der Waals surface area contributed by atoms with E-state index in [2.05, 4.69) is 11.5 Å². The highest BCUT2D eigenvalue weighted by atomic mass is 16.6. The lowest BCUT2D eigenvalue weighted by atomic mass is 10.1. The van der Waals surface area contributed by atoms with Crippen molar-refractivity contribution < 1.29 is 19.1 Å². The number of fused-ring (bicyclic) bond motifs is 1. The van der Waals surface area contributed by atoms with E-state index in [1.807, 2.05) is 50.2 Å². The predicted molar refractivity (Wildman–Crippen MR) is 134 cm³/mol. The van der Waals surface area contributed by atoms with Crippen LogP contribution in [0.25, 0.3) is 11.2 Å². The third-order valence-corrected chi connectivity index (χ3v) is 5.94. The Labute approximate surface area is 204 Å². The molecule has 0 bridgehead atoms. The van der Waals surface area contributed by atoms with Crippen molar-refractivity contribution in [3.63, 3.8) is 0 Å². The van der Waals surface area contributed by atoms with Gasteiger partial charge in [-0.3, -0.25) is 4.79 Å². The molecule has 0 spiro atoms. The molecule has 2 heterocycles. The first kappa shape index (κ1) is 24.1. The van der Waals surface area contributed by atoms with E-state index in [1.54, 1.807) is 18.2 Å². The zero-order valence-electron chi connectivity index (χ0n) is 20.7. The molecule has 0 saturated heterocycles. The second kappa shape index (κ2) is 10.1. The van der Waals surface area contributed by atoms with Crippen molar-refractivity contribution in [3.05, 3.63) is 88.4 Å². The number of Topliss-reactive ketones (excluding diaryl/α,β-unsaturated/α-hetero) is 1. The van der Waals surface area contributed by atoms with Crippen LogP contribution >= 0.6 is 0 Å². The zero-order chi connectivity index (χ0) is 25.1. The third-order valence-electron chi connectivity index (χ3n) is 5.94. The number of rotatable bonds is 8. The first-order valence-corrected chi connectivity index (χ1v) is 11.6. The Hall–Kier alpha value is -4.00. The quantitative estimate of drug-likeness (QED) is 0.261. The lowest BCUT2D eigenvalue weighted by molar-refractivity contribution is -0.149. The van der Waals surface area contributed by atoms with Gasteiger partial charge in [0.05, 0.1) is 19.2 Å². The Morgan fingerprint density at radius 1 is 1.03 bits per heavy atom. The highest BCUT2D eigenvalue weighted by Gasteiger charge is 2.25. The van der Waals surface area contributed by atoms with Crippen LogP contribution < -0.4 is 4.74 Å². The summed E-state index contributed by atoms with van der Waals surface area (Å²) in [4.78, 5) is 34.6. The van der Waals surface area contributed by atoms with E-state index < -0.39 is 12.1 Å². The number of hydrogen-bond acceptors (Lipinski definition) is 6. The van der Waals surface area contributed by atoms with E-state index in [9.17, 15) is 9.59 Å². The molecule has 2 aromatic carbocycles. The normalized spacial score (nSPS) is 11.9. The summed E-state index contributed by atoms with van der Waals surface area (Å²) in [5, 5.41) is 0. The minimum absolute atomic E-state index is 0.158. The van der Waals surface area contributed by atoms with Gasteiger partial charge in [-0.15, -0.1) is 0 Å². The van der Waals surface area contributed by atoms with E-state index in [0.29, 0.717) is 23.4 Å². The number of aryl methyl sites for hydroxylation is 3. The Bertz CT molecular complexity index is 1390. The molecule has 0 fully saturated rings. The van der Waals surface area contributed by atoms with Crippen LogP contribution in [0.4, 0.5) is 0 Å². The van der Waals surface area contributed by atoms with E-state index in [1.165, 1.54) is 14.0 Å². The fraction of sp³-hybridized carbons (Fsp3) is 0.286. The van der Waals surface area contributed by atoms with Gasteiger partial charge in [0.25, 0.3) is 0 Å². The Kier molecular flexibility index (Phi) is 6.96. The zero-order valence-corrected chi connectivity index (χ0v) is 20.7. The molecular weight excluding hydrogens is 442 g/mol. The number of methoxy groups -OCH3 is 1. The van der Waals surface area contributed by atoms with Crippen LogP contribution in [-0.4, -0.2) is 33.4 Å². The maximum absolute atomic E-state index is 12.6. The lowest BCUT2D eigenvalue weighted by Gasteiger charge is -2.19. The molecule has 0 aliphatic rings. The van der Waals surface area contributed by atoms with Gasteiger partial charge in [-0.25, -0.2) is 14.8 Å². The SMILES string of the molecule is CCc1nc2c(C)cc(C)nc2n1Cc1ccc(OC(C(=O)OC)c2ccccc2)c(C(C)=O)c1. The lowest BCUT2D eigenvalue weighted by Crippen LogP contribution is -2.21. The predicted octanol–water partition coefficient (Wildman–Crippen LogP) is 5.15. The van der Waals surface area contributed by atoms with Crippen LogP contribution in [-0.2, 0) is 22.5 Å². The van der Waals surface area contributed by atoms with Crippen molar-refractivity contribution in [2.75, 3.05) is 7.11 Å². The molecule has 0 amide bonds. The van der Waals surface area contributed by atoms with E-state index in [0.717, 1.165) is 40.2 Å². The summed E-state index contributed by atoms with van der Waals surface area (Å²) in [6, 6.07) is 16.6. The summed E-state index contributed by atoms with van der Waals surface area (Å²) >= 11 is 0. The van der Waals surface area contributed by atoms with Crippen LogP contribution in [0, 0.1) is 13.8 Å².